The molecule has 1 fully saturated rings. The fourth-order valence-corrected chi connectivity index (χ4v) is 4.51. The molecular weight excluding hydrogens is 450 g/mol. The van der Waals surface area contributed by atoms with Gasteiger partial charge in [0.2, 0.25) is 10.0 Å². The lowest BCUT2D eigenvalue weighted by atomic mass is 10.0. The Morgan fingerprint density at radius 2 is 1.74 bits per heavy atom. The molecule has 1 aromatic heterocycles. The number of nitrogens with one attached hydrogen (secondary N) is 2. The van der Waals surface area contributed by atoms with Crippen LogP contribution in [-0.4, -0.2) is 32.9 Å². The van der Waals surface area contributed by atoms with Crippen LogP contribution in [0.2, 0.25) is 0 Å². The predicted octanol–water partition coefficient (Wildman–Crippen LogP) is 4.74. The maximum absolute atomic E-state index is 11.4. The van der Waals surface area contributed by atoms with Gasteiger partial charge in [-0.05, 0) is 66.6 Å². The number of pyridine rings is 1. The van der Waals surface area contributed by atoms with Crippen LogP contribution in [0.1, 0.15) is 36.8 Å². The second-order valence-electron chi connectivity index (χ2n) is 8.62. The van der Waals surface area contributed by atoms with Gasteiger partial charge in [0.05, 0.1) is 25.2 Å². The highest BCUT2D eigenvalue weighted by Crippen LogP contribution is 2.33. The van der Waals surface area contributed by atoms with Gasteiger partial charge in [0.1, 0.15) is 0 Å². The first-order valence-corrected chi connectivity index (χ1v) is 13.4. The Bertz CT molecular complexity index is 1220. The number of methoxy groups -OCH3 is 1. The van der Waals surface area contributed by atoms with Crippen molar-refractivity contribution in [3.63, 3.8) is 0 Å². The second kappa shape index (κ2) is 10.9. The fourth-order valence-electron chi connectivity index (χ4n) is 4.08. The summed E-state index contributed by atoms with van der Waals surface area (Å²) >= 11 is 0. The van der Waals surface area contributed by atoms with Crippen molar-refractivity contribution in [1.82, 2.24) is 9.71 Å². The van der Waals surface area contributed by atoms with Crippen molar-refractivity contribution >= 4 is 15.7 Å². The van der Waals surface area contributed by atoms with Crippen LogP contribution in [-0.2, 0) is 23.1 Å². The summed E-state index contributed by atoms with van der Waals surface area (Å²) in [7, 11) is -1.58. The van der Waals surface area contributed by atoms with E-state index in [1.54, 1.807) is 19.5 Å². The van der Waals surface area contributed by atoms with E-state index in [0.29, 0.717) is 6.54 Å². The zero-order valence-electron chi connectivity index (χ0n) is 19.6. The maximum Gasteiger partial charge on any atom is 0.209 e. The Balaban J connectivity index is 1.44. The summed E-state index contributed by atoms with van der Waals surface area (Å²) in [6.07, 6.45) is 9.63. The SMILES string of the molecule is COc1ccc(CNc2cncc(-c3cccc(CNS(C)(=O)=O)c3)c2)cc1OC1CCCC1. The third kappa shape index (κ3) is 6.71. The minimum atomic E-state index is -3.24. The molecule has 0 atom stereocenters. The van der Waals surface area contributed by atoms with Gasteiger partial charge in [-0.1, -0.05) is 24.3 Å². The van der Waals surface area contributed by atoms with E-state index in [1.807, 2.05) is 48.5 Å². The summed E-state index contributed by atoms with van der Waals surface area (Å²) < 4.78 is 37.0. The van der Waals surface area contributed by atoms with E-state index in [0.717, 1.165) is 58.5 Å². The number of rotatable bonds is 10. The molecule has 8 heteroatoms. The maximum atomic E-state index is 11.4. The molecule has 1 aliphatic carbocycles. The molecule has 0 amide bonds. The van der Waals surface area contributed by atoms with E-state index in [2.05, 4.69) is 15.0 Å². The lowest BCUT2D eigenvalue weighted by Crippen LogP contribution is -2.21. The largest absolute Gasteiger partial charge is 0.493 e. The van der Waals surface area contributed by atoms with Gasteiger partial charge >= 0.3 is 0 Å². The van der Waals surface area contributed by atoms with Crippen LogP contribution < -0.4 is 19.5 Å². The number of hydrogen-bond donors (Lipinski definition) is 2. The van der Waals surface area contributed by atoms with Gasteiger partial charge in [-0.3, -0.25) is 4.98 Å². The Labute approximate surface area is 201 Å². The first-order chi connectivity index (χ1) is 16.4. The quantitative estimate of drug-likeness (QED) is 0.435. The van der Waals surface area contributed by atoms with Crippen LogP contribution in [0.15, 0.2) is 60.9 Å². The molecule has 1 saturated carbocycles. The minimum absolute atomic E-state index is 0.251. The monoisotopic (exact) mass is 481 g/mol. The number of sulfonamides is 1. The van der Waals surface area contributed by atoms with E-state index < -0.39 is 10.0 Å². The van der Waals surface area contributed by atoms with Crippen molar-refractivity contribution in [3.05, 3.63) is 72.1 Å². The number of anilines is 1. The molecule has 2 aromatic carbocycles. The van der Waals surface area contributed by atoms with E-state index in [1.165, 1.54) is 12.8 Å². The number of benzene rings is 2. The van der Waals surface area contributed by atoms with Gasteiger partial charge in [0.15, 0.2) is 11.5 Å². The van der Waals surface area contributed by atoms with Crippen LogP contribution >= 0.6 is 0 Å². The number of hydrogen-bond acceptors (Lipinski definition) is 6. The molecule has 0 aliphatic heterocycles. The van der Waals surface area contributed by atoms with Crippen molar-refractivity contribution in [2.24, 2.45) is 0 Å². The molecule has 0 saturated heterocycles. The Kier molecular flexibility index (Phi) is 7.70. The molecule has 1 heterocycles. The van der Waals surface area contributed by atoms with Crippen LogP contribution in [0.4, 0.5) is 5.69 Å². The molecule has 180 valence electrons. The zero-order chi connectivity index (χ0) is 24.0. The molecule has 0 unspecified atom stereocenters. The van der Waals surface area contributed by atoms with Crippen LogP contribution in [0, 0.1) is 0 Å². The third-order valence-corrected chi connectivity index (χ3v) is 6.53. The highest BCUT2D eigenvalue weighted by Gasteiger charge is 2.18. The molecule has 0 radical (unpaired) electrons. The molecule has 0 bridgehead atoms. The lowest BCUT2D eigenvalue weighted by Gasteiger charge is -2.17. The van der Waals surface area contributed by atoms with Crippen LogP contribution in [0.3, 0.4) is 0 Å². The molecule has 34 heavy (non-hydrogen) atoms. The van der Waals surface area contributed by atoms with Gasteiger partial charge in [0.25, 0.3) is 0 Å². The summed E-state index contributed by atoms with van der Waals surface area (Å²) in [5.41, 5.74) is 4.79. The van der Waals surface area contributed by atoms with Gasteiger partial charge in [-0.2, -0.15) is 0 Å². The number of aromatic nitrogens is 1. The average Bonchev–Trinajstić information content (AvgIpc) is 3.35. The molecule has 1 aliphatic rings. The van der Waals surface area contributed by atoms with Crippen molar-refractivity contribution in [3.8, 4) is 22.6 Å². The molecule has 2 N–H and O–H groups in total. The first kappa shape index (κ1) is 24.0. The molecule has 7 nitrogen and oxygen atoms in total. The molecule has 4 rings (SSSR count). The standard InChI is InChI=1S/C26H31N3O4S/c1-32-25-11-10-20(13-26(25)33-24-8-3-4-9-24)15-28-23-14-22(17-27-18-23)21-7-5-6-19(12-21)16-29-34(2,30)31/h5-7,10-14,17-18,24,28-29H,3-4,8-9,15-16H2,1-2H3. The summed E-state index contributed by atoms with van der Waals surface area (Å²) in [6, 6.07) is 15.8. The van der Waals surface area contributed by atoms with Crippen molar-refractivity contribution < 1.29 is 17.9 Å². The smallest absolute Gasteiger partial charge is 0.209 e. The summed E-state index contributed by atoms with van der Waals surface area (Å²) in [4.78, 5) is 4.38. The van der Waals surface area contributed by atoms with Crippen molar-refractivity contribution in [1.29, 1.82) is 0 Å². The predicted molar refractivity (Wildman–Crippen MR) is 135 cm³/mol. The molecule has 3 aromatic rings. The van der Waals surface area contributed by atoms with E-state index in [9.17, 15) is 8.42 Å². The van der Waals surface area contributed by atoms with Crippen molar-refractivity contribution in [2.75, 3.05) is 18.7 Å². The van der Waals surface area contributed by atoms with Gasteiger partial charge in [-0.15, -0.1) is 0 Å². The fraction of sp³-hybridized carbons (Fsp3) is 0.346. The van der Waals surface area contributed by atoms with E-state index >= 15 is 0 Å². The topological polar surface area (TPSA) is 89.5 Å². The number of ether oxygens (including phenoxy) is 2. The Hall–Kier alpha value is -3.10. The lowest BCUT2D eigenvalue weighted by molar-refractivity contribution is 0.200. The highest BCUT2D eigenvalue weighted by molar-refractivity contribution is 7.88. The zero-order valence-corrected chi connectivity index (χ0v) is 20.4. The van der Waals surface area contributed by atoms with Crippen LogP contribution in [0.25, 0.3) is 11.1 Å². The normalized spacial score (nSPS) is 14.2. The second-order valence-corrected chi connectivity index (χ2v) is 10.5. The minimum Gasteiger partial charge on any atom is -0.493 e. The molecular formula is C26H31N3O4S. The van der Waals surface area contributed by atoms with E-state index in [-0.39, 0.29) is 12.6 Å². The summed E-state index contributed by atoms with van der Waals surface area (Å²) in [5.74, 6) is 1.55. The number of nitrogens with zero attached hydrogens (tertiary/aromatic N) is 1. The summed E-state index contributed by atoms with van der Waals surface area (Å²) in [5, 5.41) is 3.44. The first-order valence-electron chi connectivity index (χ1n) is 11.5. The van der Waals surface area contributed by atoms with Crippen LogP contribution in [0.5, 0.6) is 11.5 Å². The Morgan fingerprint density at radius 1 is 0.941 bits per heavy atom. The highest BCUT2D eigenvalue weighted by atomic mass is 32.2. The Morgan fingerprint density at radius 3 is 2.50 bits per heavy atom. The average molecular weight is 482 g/mol. The van der Waals surface area contributed by atoms with Gasteiger partial charge < -0.3 is 14.8 Å². The molecule has 0 spiro atoms. The van der Waals surface area contributed by atoms with Gasteiger partial charge in [0, 0.05) is 31.0 Å². The summed E-state index contributed by atoms with van der Waals surface area (Å²) in [6.45, 7) is 0.870. The van der Waals surface area contributed by atoms with E-state index in [4.69, 9.17) is 9.47 Å². The van der Waals surface area contributed by atoms with Crippen molar-refractivity contribution in [2.45, 2.75) is 44.9 Å². The van der Waals surface area contributed by atoms with Gasteiger partial charge in [-0.25, -0.2) is 13.1 Å². The third-order valence-electron chi connectivity index (χ3n) is 5.86.